The van der Waals surface area contributed by atoms with Gasteiger partial charge in [0.15, 0.2) is 0 Å². The Balaban J connectivity index is 1.87. The molecule has 1 heterocycles. The number of hydrogen-bond acceptors (Lipinski definition) is 2. The smallest absolute Gasteiger partial charge is 0.0346 e. The van der Waals surface area contributed by atoms with Crippen molar-refractivity contribution in [2.45, 2.75) is 57.9 Å². The Morgan fingerprint density at radius 2 is 2.11 bits per heavy atom. The molecule has 1 unspecified atom stereocenters. The van der Waals surface area contributed by atoms with Gasteiger partial charge in [-0.25, -0.2) is 0 Å². The summed E-state index contributed by atoms with van der Waals surface area (Å²) in [5.74, 6) is 0. The molecular formula is C17H28N2. The molecule has 0 radical (unpaired) electrons. The van der Waals surface area contributed by atoms with E-state index >= 15 is 0 Å². The fraction of sp³-hybridized carbons (Fsp3) is 0.647. The van der Waals surface area contributed by atoms with Crippen molar-refractivity contribution in [1.29, 1.82) is 0 Å². The molecule has 2 heteroatoms. The van der Waals surface area contributed by atoms with Gasteiger partial charge >= 0.3 is 0 Å². The number of rotatable bonds is 6. The van der Waals surface area contributed by atoms with Gasteiger partial charge in [-0.15, -0.1) is 0 Å². The molecule has 1 atom stereocenters. The van der Waals surface area contributed by atoms with Crippen molar-refractivity contribution < 1.29 is 0 Å². The van der Waals surface area contributed by atoms with Gasteiger partial charge in [0.2, 0.25) is 0 Å². The molecule has 1 aromatic carbocycles. The summed E-state index contributed by atoms with van der Waals surface area (Å²) in [6, 6.07) is 9.09. The molecule has 0 aromatic heterocycles. The molecule has 0 amide bonds. The van der Waals surface area contributed by atoms with Gasteiger partial charge in [0, 0.05) is 11.7 Å². The Morgan fingerprint density at radius 3 is 2.89 bits per heavy atom. The largest absolute Gasteiger partial charge is 0.399 e. The third-order valence-electron chi connectivity index (χ3n) is 4.35. The molecule has 0 saturated carbocycles. The van der Waals surface area contributed by atoms with Crippen molar-refractivity contribution in [2.24, 2.45) is 0 Å². The number of nitrogens with two attached hydrogens (primary N) is 1. The lowest BCUT2D eigenvalue weighted by Crippen LogP contribution is -2.40. The number of hydrogen-bond donors (Lipinski definition) is 1. The normalized spacial score (nSPS) is 20.6. The van der Waals surface area contributed by atoms with Crippen LogP contribution in [0.25, 0.3) is 0 Å². The first kappa shape index (κ1) is 14.4. The van der Waals surface area contributed by atoms with Crippen LogP contribution in [0.3, 0.4) is 0 Å². The van der Waals surface area contributed by atoms with Gasteiger partial charge in [-0.05, 0) is 56.8 Å². The summed E-state index contributed by atoms with van der Waals surface area (Å²) in [5.41, 5.74) is 8.32. The average Bonchev–Trinajstić information content (AvgIpc) is 2.45. The molecule has 1 aromatic rings. The Kier molecular flexibility index (Phi) is 5.71. The van der Waals surface area contributed by atoms with Crippen molar-refractivity contribution >= 4 is 5.69 Å². The predicted octanol–water partition coefficient (Wildman–Crippen LogP) is 3.86. The topological polar surface area (TPSA) is 29.3 Å². The molecule has 106 valence electrons. The number of anilines is 1. The van der Waals surface area contributed by atoms with Crippen LogP contribution in [0.2, 0.25) is 0 Å². The molecule has 1 fully saturated rings. The van der Waals surface area contributed by atoms with Crippen molar-refractivity contribution in [3.8, 4) is 0 Å². The fourth-order valence-electron chi connectivity index (χ4n) is 3.13. The zero-order valence-electron chi connectivity index (χ0n) is 12.3. The maximum atomic E-state index is 6.04. The Labute approximate surface area is 118 Å². The molecule has 0 spiro atoms. The van der Waals surface area contributed by atoms with Crippen molar-refractivity contribution in [3.63, 3.8) is 0 Å². The van der Waals surface area contributed by atoms with E-state index in [1.807, 2.05) is 12.1 Å². The summed E-state index contributed by atoms with van der Waals surface area (Å²) < 4.78 is 0. The monoisotopic (exact) mass is 260 g/mol. The highest BCUT2D eigenvalue weighted by atomic mass is 15.2. The minimum Gasteiger partial charge on any atom is -0.399 e. The number of unbranched alkanes of at least 4 members (excludes halogenated alkanes) is 1. The van der Waals surface area contributed by atoms with Crippen LogP contribution in [0.4, 0.5) is 5.69 Å². The second-order valence-electron chi connectivity index (χ2n) is 5.78. The quantitative estimate of drug-likeness (QED) is 0.787. The average molecular weight is 260 g/mol. The lowest BCUT2D eigenvalue weighted by molar-refractivity contribution is 0.138. The molecule has 2 nitrogen and oxygen atoms in total. The van der Waals surface area contributed by atoms with E-state index in [9.17, 15) is 0 Å². The van der Waals surface area contributed by atoms with E-state index < -0.39 is 0 Å². The minimum atomic E-state index is 0.778. The third-order valence-corrected chi connectivity index (χ3v) is 4.35. The molecule has 1 aliphatic heterocycles. The number of para-hydroxylation sites is 1. The number of piperidine rings is 1. The molecule has 0 aliphatic carbocycles. The second-order valence-corrected chi connectivity index (χ2v) is 5.78. The zero-order chi connectivity index (χ0) is 13.5. The van der Waals surface area contributed by atoms with Gasteiger partial charge in [0.1, 0.15) is 0 Å². The van der Waals surface area contributed by atoms with Crippen LogP contribution in [-0.2, 0) is 6.42 Å². The van der Waals surface area contributed by atoms with Gasteiger partial charge in [0.25, 0.3) is 0 Å². The van der Waals surface area contributed by atoms with E-state index in [0.717, 1.165) is 18.2 Å². The summed E-state index contributed by atoms with van der Waals surface area (Å²) in [6.07, 6.45) is 9.18. The van der Waals surface area contributed by atoms with Crippen molar-refractivity contribution in [2.75, 3.05) is 18.8 Å². The molecule has 1 saturated heterocycles. The van der Waals surface area contributed by atoms with Crippen LogP contribution in [0, 0.1) is 0 Å². The van der Waals surface area contributed by atoms with E-state index in [0.29, 0.717) is 0 Å². The fourth-order valence-corrected chi connectivity index (χ4v) is 3.13. The minimum absolute atomic E-state index is 0.778. The number of nitrogens with zero attached hydrogens (tertiary/aromatic N) is 1. The first-order chi connectivity index (χ1) is 9.31. The predicted molar refractivity (Wildman–Crippen MR) is 83.3 cm³/mol. The van der Waals surface area contributed by atoms with E-state index in [1.54, 1.807) is 0 Å². The summed E-state index contributed by atoms with van der Waals surface area (Å²) in [4.78, 5) is 2.71. The van der Waals surface area contributed by atoms with Gasteiger partial charge in [-0.1, -0.05) is 38.0 Å². The SMILES string of the molecule is CCCCN1CCCCC1CCc1ccccc1N. The van der Waals surface area contributed by atoms with Crippen LogP contribution in [0.1, 0.15) is 51.0 Å². The van der Waals surface area contributed by atoms with E-state index in [2.05, 4.69) is 24.0 Å². The maximum absolute atomic E-state index is 6.04. The molecule has 19 heavy (non-hydrogen) atoms. The van der Waals surface area contributed by atoms with Gasteiger partial charge in [-0.2, -0.15) is 0 Å². The lowest BCUT2D eigenvalue weighted by Gasteiger charge is -2.36. The summed E-state index contributed by atoms with van der Waals surface area (Å²) in [6.45, 7) is 4.87. The molecular weight excluding hydrogens is 232 g/mol. The highest BCUT2D eigenvalue weighted by molar-refractivity contribution is 5.46. The first-order valence-electron chi connectivity index (χ1n) is 7.88. The number of benzene rings is 1. The van der Waals surface area contributed by atoms with Gasteiger partial charge in [0.05, 0.1) is 0 Å². The Hall–Kier alpha value is -1.02. The standard InChI is InChI=1S/C17H28N2/c1-2-3-13-19-14-7-6-9-16(19)12-11-15-8-4-5-10-17(15)18/h4-5,8,10,16H,2-3,6-7,9,11-14,18H2,1H3. The third kappa shape index (κ3) is 4.24. The molecule has 2 rings (SSSR count). The number of likely N-dealkylation sites (tertiary alicyclic amines) is 1. The van der Waals surface area contributed by atoms with Crippen molar-refractivity contribution in [3.05, 3.63) is 29.8 Å². The highest BCUT2D eigenvalue weighted by Gasteiger charge is 2.21. The maximum Gasteiger partial charge on any atom is 0.0346 e. The van der Waals surface area contributed by atoms with Crippen LogP contribution in [0.15, 0.2) is 24.3 Å². The summed E-state index contributed by atoms with van der Waals surface area (Å²) >= 11 is 0. The van der Waals surface area contributed by atoms with Crippen LogP contribution in [-0.4, -0.2) is 24.0 Å². The number of aryl methyl sites for hydroxylation is 1. The number of nitrogen functional groups attached to an aromatic ring is 1. The van der Waals surface area contributed by atoms with E-state index in [-0.39, 0.29) is 0 Å². The summed E-state index contributed by atoms with van der Waals surface area (Å²) in [7, 11) is 0. The lowest BCUT2D eigenvalue weighted by atomic mass is 9.95. The Morgan fingerprint density at radius 1 is 1.26 bits per heavy atom. The first-order valence-corrected chi connectivity index (χ1v) is 7.88. The van der Waals surface area contributed by atoms with Crippen LogP contribution >= 0.6 is 0 Å². The summed E-state index contributed by atoms with van der Waals surface area (Å²) in [5, 5.41) is 0. The zero-order valence-corrected chi connectivity index (χ0v) is 12.3. The molecule has 2 N–H and O–H groups in total. The van der Waals surface area contributed by atoms with E-state index in [4.69, 9.17) is 5.73 Å². The molecule has 0 bridgehead atoms. The van der Waals surface area contributed by atoms with Crippen LogP contribution < -0.4 is 5.73 Å². The van der Waals surface area contributed by atoms with Crippen LogP contribution in [0.5, 0.6) is 0 Å². The second kappa shape index (κ2) is 7.54. The van der Waals surface area contributed by atoms with Gasteiger partial charge in [-0.3, -0.25) is 0 Å². The highest BCUT2D eigenvalue weighted by Crippen LogP contribution is 2.23. The van der Waals surface area contributed by atoms with Gasteiger partial charge < -0.3 is 10.6 Å². The Bertz CT molecular complexity index is 375. The molecule has 1 aliphatic rings. The van der Waals surface area contributed by atoms with Crippen molar-refractivity contribution in [1.82, 2.24) is 4.90 Å². The van der Waals surface area contributed by atoms with E-state index in [1.165, 1.54) is 57.2 Å².